The Bertz CT molecular complexity index is 658. The molecule has 4 nitrogen and oxygen atoms in total. The zero-order valence-corrected chi connectivity index (χ0v) is 10.3. The monoisotopic (exact) mass is 281 g/mol. The number of pyridine rings is 1. The zero-order valence-electron chi connectivity index (χ0n) is 10.3. The van der Waals surface area contributed by atoms with E-state index in [0.717, 1.165) is 18.7 Å². The smallest absolute Gasteiger partial charge is 0.294 e. The lowest BCUT2D eigenvalue weighted by molar-refractivity contribution is -0.137. The summed E-state index contributed by atoms with van der Waals surface area (Å²) in [6, 6.07) is 2.22. The Hall–Kier alpha value is -2.18. The van der Waals surface area contributed by atoms with Crippen LogP contribution in [-0.2, 0) is 12.6 Å². The quantitative estimate of drug-likeness (QED) is 0.807. The number of alkyl halides is 3. The fourth-order valence-corrected chi connectivity index (χ4v) is 2.27. The van der Waals surface area contributed by atoms with Gasteiger partial charge in [-0.05, 0) is 25.0 Å². The molecule has 0 spiro atoms. The topological polar surface area (TPSA) is 47.8 Å². The van der Waals surface area contributed by atoms with E-state index in [2.05, 4.69) is 10.1 Å². The van der Waals surface area contributed by atoms with Gasteiger partial charge in [-0.3, -0.25) is 4.79 Å². The van der Waals surface area contributed by atoms with Gasteiger partial charge in [0.2, 0.25) is 0 Å². The van der Waals surface area contributed by atoms with Gasteiger partial charge in [-0.15, -0.1) is 0 Å². The minimum absolute atomic E-state index is 0.0180. The van der Waals surface area contributed by atoms with E-state index in [0.29, 0.717) is 24.1 Å². The Balaban J connectivity index is 2.00. The highest BCUT2D eigenvalue weighted by atomic mass is 19.4. The van der Waals surface area contributed by atoms with Crippen molar-refractivity contribution in [3.05, 3.63) is 41.3 Å². The first kappa shape index (κ1) is 12.8. The number of carbonyl (C=O) groups excluding carboxylic acids is 1. The van der Waals surface area contributed by atoms with E-state index in [1.807, 2.05) is 0 Å². The highest BCUT2D eigenvalue weighted by Crippen LogP contribution is 2.29. The molecule has 104 valence electrons. The fourth-order valence-electron chi connectivity index (χ4n) is 2.27. The molecule has 1 aliphatic carbocycles. The summed E-state index contributed by atoms with van der Waals surface area (Å²) >= 11 is 0. The van der Waals surface area contributed by atoms with Crippen LogP contribution >= 0.6 is 0 Å². The van der Waals surface area contributed by atoms with E-state index in [1.165, 1.54) is 16.9 Å². The first-order valence-electron chi connectivity index (χ1n) is 6.10. The maximum Gasteiger partial charge on any atom is 0.417 e. The number of hydrogen-bond donors (Lipinski definition) is 0. The molecule has 2 heterocycles. The molecule has 0 saturated carbocycles. The molecule has 1 aliphatic rings. The molecule has 0 atom stereocenters. The summed E-state index contributed by atoms with van der Waals surface area (Å²) < 4.78 is 38.9. The summed E-state index contributed by atoms with van der Waals surface area (Å²) in [6.07, 6.45) is -0.309. The van der Waals surface area contributed by atoms with E-state index in [-0.39, 0.29) is 11.6 Å². The average molecular weight is 281 g/mol. The number of carbonyl (C=O) groups is 1. The summed E-state index contributed by atoms with van der Waals surface area (Å²) in [5, 5.41) is 4.06. The Morgan fingerprint density at radius 3 is 2.60 bits per heavy atom. The third-order valence-electron chi connectivity index (χ3n) is 3.28. The molecule has 0 saturated heterocycles. The maximum absolute atomic E-state index is 12.5. The number of aromatic nitrogens is 3. The molecular formula is C13H10F3N3O. The van der Waals surface area contributed by atoms with Gasteiger partial charge in [0.05, 0.1) is 23.0 Å². The van der Waals surface area contributed by atoms with Gasteiger partial charge < -0.3 is 0 Å². The van der Waals surface area contributed by atoms with Crippen LogP contribution in [0.2, 0.25) is 0 Å². The first-order valence-corrected chi connectivity index (χ1v) is 6.10. The number of rotatable bonds is 1. The summed E-state index contributed by atoms with van der Waals surface area (Å²) in [6.45, 7) is 0. The fraction of sp³-hybridized carbons (Fsp3) is 0.308. The summed E-state index contributed by atoms with van der Waals surface area (Å²) in [5.41, 5.74) is 0.449. The Labute approximate surface area is 112 Å². The summed E-state index contributed by atoms with van der Waals surface area (Å²) in [4.78, 5) is 15.5. The van der Waals surface area contributed by atoms with Crippen LogP contribution in [-0.4, -0.2) is 20.5 Å². The lowest BCUT2D eigenvalue weighted by Crippen LogP contribution is -2.14. The van der Waals surface area contributed by atoms with Crippen molar-refractivity contribution in [1.82, 2.24) is 14.8 Å². The molecule has 0 unspecified atom stereocenters. The van der Waals surface area contributed by atoms with Crippen LogP contribution in [0.4, 0.5) is 13.2 Å². The van der Waals surface area contributed by atoms with Crippen LogP contribution in [0, 0.1) is 0 Å². The lowest BCUT2D eigenvalue weighted by Gasteiger charge is -2.13. The van der Waals surface area contributed by atoms with Crippen LogP contribution in [0.1, 0.15) is 34.5 Å². The molecule has 0 radical (unpaired) electrons. The van der Waals surface area contributed by atoms with Crippen LogP contribution in [0.15, 0.2) is 24.5 Å². The van der Waals surface area contributed by atoms with E-state index < -0.39 is 11.7 Å². The third kappa shape index (κ3) is 2.09. The van der Waals surface area contributed by atoms with Gasteiger partial charge >= 0.3 is 6.18 Å². The van der Waals surface area contributed by atoms with Gasteiger partial charge in [0, 0.05) is 12.6 Å². The first-order chi connectivity index (χ1) is 9.47. The molecule has 0 aromatic carbocycles. The van der Waals surface area contributed by atoms with Crippen LogP contribution in [0.5, 0.6) is 0 Å². The Morgan fingerprint density at radius 1 is 1.15 bits per heavy atom. The SMILES string of the molecule is O=C1CCCc2c1cnn2-c1ccc(C(F)(F)F)cn1. The Morgan fingerprint density at radius 2 is 1.95 bits per heavy atom. The predicted molar refractivity (Wildman–Crippen MR) is 63.6 cm³/mol. The Kier molecular flexibility index (Phi) is 2.84. The van der Waals surface area contributed by atoms with Gasteiger partial charge in [-0.25, -0.2) is 9.67 Å². The second-order valence-electron chi connectivity index (χ2n) is 4.60. The number of fused-ring (bicyclic) bond motifs is 1. The molecule has 0 aliphatic heterocycles. The van der Waals surface area contributed by atoms with Gasteiger partial charge in [-0.1, -0.05) is 0 Å². The van der Waals surface area contributed by atoms with Crippen LogP contribution in [0.3, 0.4) is 0 Å². The molecule has 20 heavy (non-hydrogen) atoms. The maximum atomic E-state index is 12.5. The van der Waals surface area contributed by atoms with E-state index in [9.17, 15) is 18.0 Å². The van der Waals surface area contributed by atoms with Crippen molar-refractivity contribution in [2.75, 3.05) is 0 Å². The third-order valence-corrected chi connectivity index (χ3v) is 3.28. The van der Waals surface area contributed by atoms with Gasteiger partial charge in [0.1, 0.15) is 0 Å². The summed E-state index contributed by atoms with van der Waals surface area (Å²) in [5.74, 6) is 0.304. The molecule has 0 bridgehead atoms. The zero-order chi connectivity index (χ0) is 14.3. The number of ketones is 1. The van der Waals surface area contributed by atoms with E-state index >= 15 is 0 Å². The molecule has 3 rings (SSSR count). The molecule has 2 aromatic heterocycles. The summed E-state index contributed by atoms with van der Waals surface area (Å²) in [7, 11) is 0. The second kappa shape index (κ2) is 4.43. The van der Waals surface area contributed by atoms with Crippen LogP contribution in [0.25, 0.3) is 5.82 Å². The second-order valence-corrected chi connectivity index (χ2v) is 4.60. The van der Waals surface area contributed by atoms with Gasteiger partial charge in [-0.2, -0.15) is 18.3 Å². The lowest BCUT2D eigenvalue weighted by atomic mass is 9.97. The van der Waals surface area contributed by atoms with Crippen molar-refractivity contribution in [1.29, 1.82) is 0 Å². The molecule has 2 aromatic rings. The minimum atomic E-state index is -4.41. The largest absolute Gasteiger partial charge is 0.417 e. The number of hydrogen-bond acceptors (Lipinski definition) is 3. The number of Topliss-reactive ketones (excluding diaryl/α,β-unsaturated/α-hetero) is 1. The molecule has 0 fully saturated rings. The number of halogens is 3. The number of nitrogens with zero attached hydrogens (tertiary/aromatic N) is 3. The highest BCUT2D eigenvalue weighted by molar-refractivity contribution is 5.97. The van der Waals surface area contributed by atoms with E-state index in [4.69, 9.17) is 0 Å². The molecule has 0 N–H and O–H groups in total. The standard InChI is InChI=1S/C13H10F3N3O/c14-13(15,16)8-4-5-12(17-6-8)19-10-2-1-3-11(20)9(10)7-18-19/h4-7H,1-3H2. The molecular weight excluding hydrogens is 271 g/mol. The van der Waals surface area contributed by atoms with Crippen molar-refractivity contribution in [3.8, 4) is 5.82 Å². The van der Waals surface area contributed by atoms with Gasteiger partial charge in [0.15, 0.2) is 11.6 Å². The van der Waals surface area contributed by atoms with Crippen molar-refractivity contribution >= 4 is 5.78 Å². The van der Waals surface area contributed by atoms with Crippen LogP contribution < -0.4 is 0 Å². The highest BCUT2D eigenvalue weighted by Gasteiger charge is 2.31. The van der Waals surface area contributed by atoms with Crippen molar-refractivity contribution in [2.24, 2.45) is 0 Å². The molecule has 7 heteroatoms. The van der Waals surface area contributed by atoms with Gasteiger partial charge in [0.25, 0.3) is 0 Å². The normalized spacial score (nSPS) is 15.2. The molecule has 0 amide bonds. The van der Waals surface area contributed by atoms with Crippen molar-refractivity contribution in [2.45, 2.75) is 25.4 Å². The van der Waals surface area contributed by atoms with Crippen molar-refractivity contribution < 1.29 is 18.0 Å². The van der Waals surface area contributed by atoms with Crippen molar-refractivity contribution in [3.63, 3.8) is 0 Å². The van der Waals surface area contributed by atoms with E-state index in [1.54, 1.807) is 0 Å². The predicted octanol–water partition coefficient (Wildman–Crippen LogP) is 2.81. The minimum Gasteiger partial charge on any atom is -0.294 e. The average Bonchev–Trinajstić information content (AvgIpc) is 2.83.